The number of aromatic nitrogens is 2. The van der Waals surface area contributed by atoms with Gasteiger partial charge in [0.1, 0.15) is 16.4 Å². The first kappa shape index (κ1) is 17.0. The number of amides is 1. The Morgan fingerprint density at radius 2 is 2.04 bits per heavy atom. The number of rotatable bonds is 3. The Labute approximate surface area is 154 Å². The fraction of sp³-hybridized carbons (Fsp3) is 0.389. The molecule has 1 saturated heterocycles. The van der Waals surface area contributed by atoms with Crippen molar-refractivity contribution in [1.29, 1.82) is 0 Å². The molecule has 4 rings (SSSR count). The maximum atomic E-state index is 12.7. The predicted molar refractivity (Wildman–Crippen MR) is 100 cm³/mol. The maximum Gasteiger partial charge on any atom is 0.264 e. The van der Waals surface area contributed by atoms with Crippen LogP contribution in [0.25, 0.3) is 21.8 Å². The number of carbonyl (C=O) groups excluding carboxylic acids is 1. The second-order valence-corrected chi connectivity index (χ2v) is 7.55. The highest BCUT2D eigenvalue weighted by Crippen LogP contribution is 2.32. The van der Waals surface area contributed by atoms with Crippen molar-refractivity contribution in [3.63, 3.8) is 0 Å². The van der Waals surface area contributed by atoms with Crippen molar-refractivity contribution in [3.05, 3.63) is 28.8 Å². The van der Waals surface area contributed by atoms with Crippen LogP contribution in [0, 0.1) is 0 Å². The second kappa shape index (κ2) is 6.69. The largest absolute Gasteiger partial charge is 0.457 e. The van der Waals surface area contributed by atoms with Crippen molar-refractivity contribution in [3.8, 4) is 11.6 Å². The van der Waals surface area contributed by atoms with Gasteiger partial charge in [-0.3, -0.25) is 4.79 Å². The first-order chi connectivity index (χ1) is 12.5. The summed E-state index contributed by atoms with van der Waals surface area (Å²) < 4.78 is 11.1. The van der Waals surface area contributed by atoms with E-state index in [1.807, 2.05) is 12.1 Å². The smallest absolute Gasteiger partial charge is 0.264 e. The highest BCUT2D eigenvalue weighted by molar-refractivity contribution is 7.20. The van der Waals surface area contributed by atoms with Gasteiger partial charge >= 0.3 is 0 Å². The van der Waals surface area contributed by atoms with Gasteiger partial charge in [-0.25, -0.2) is 9.97 Å². The van der Waals surface area contributed by atoms with Crippen molar-refractivity contribution in [2.24, 2.45) is 0 Å². The van der Waals surface area contributed by atoms with Crippen LogP contribution < -0.4 is 5.73 Å². The van der Waals surface area contributed by atoms with Crippen molar-refractivity contribution in [2.75, 3.05) is 32.0 Å². The van der Waals surface area contributed by atoms with Crippen LogP contribution in [0.5, 0.6) is 0 Å². The van der Waals surface area contributed by atoms with E-state index in [2.05, 4.69) is 23.8 Å². The van der Waals surface area contributed by atoms with E-state index in [9.17, 15) is 4.79 Å². The number of furan rings is 1. The summed E-state index contributed by atoms with van der Waals surface area (Å²) in [6, 6.07) is 5.55. The van der Waals surface area contributed by atoms with Gasteiger partial charge in [0.05, 0.1) is 23.5 Å². The summed E-state index contributed by atoms with van der Waals surface area (Å²) in [5, 5.41) is 0.700. The number of anilines is 1. The van der Waals surface area contributed by atoms with Gasteiger partial charge in [0, 0.05) is 19.0 Å². The monoisotopic (exact) mass is 372 g/mol. The molecule has 1 fully saturated rings. The van der Waals surface area contributed by atoms with Gasteiger partial charge in [-0.05, 0) is 18.2 Å². The molecule has 0 spiro atoms. The van der Waals surface area contributed by atoms with Crippen molar-refractivity contribution < 1.29 is 13.9 Å². The summed E-state index contributed by atoms with van der Waals surface area (Å²) >= 11 is 1.33. The zero-order valence-corrected chi connectivity index (χ0v) is 15.5. The number of ether oxygens (including phenoxy) is 1. The quantitative estimate of drug-likeness (QED) is 0.759. The second-order valence-electron chi connectivity index (χ2n) is 6.52. The molecule has 26 heavy (non-hydrogen) atoms. The van der Waals surface area contributed by atoms with Crippen molar-refractivity contribution in [1.82, 2.24) is 14.9 Å². The first-order valence-corrected chi connectivity index (χ1v) is 9.39. The minimum absolute atomic E-state index is 0.0163. The van der Waals surface area contributed by atoms with E-state index < -0.39 is 0 Å². The molecule has 1 aliphatic heterocycles. The molecule has 0 bridgehead atoms. The Kier molecular flexibility index (Phi) is 4.37. The highest BCUT2D eigenvalue weighted by Gasteiger charge is 2.22. The van der Waals surface area contributed by atoms with Crippen LogP contribution in [0.2, 0.25) is 0 Å². The molecule has 136 valence electrons. The van der Waals surface area contributed by atoms with Gasteiger partial charge in [0.2, 0.25) is 0 Å². The summed E-state index contributed by atoms with van der Waals surface area (Å²) in [6.07, 6.45) is 0. The normalized spacial score (nSPS) is 15.1. The summed E-state index contributed by atoms with van der Waals surface area (Å²) in [4.78, 5) is 24.7. The molecule has 0 aromatic carbocycles. The number of hydrogen-bond donors (Lipinski definition) is 1. The first-order valence-electron chi connectivity index (χ1n) is 8.57. The summed E-state index contributed by atoms with van der Waals surface area (Å²) in [6.45, 7) is 6.46. The van der Waals surface area contributed by atoms with Crippen LogP contribution in [-0.4, -0.2) is 47.1 Å². The van der Waals surface area contributed by atoms with Gasteiger partial charge < -0.3 is 19.8 Å². The number of nitrogen functional groups attached to an aromatic ring is 1. The lowest BCUT2D eigenvalue weighted by Gasteiger charge is -2.26. The van der Waals surface area contributed by atoms with Gasteiger partial charge in [-0.1, -0.05) is 13.8 Å². The van der Waals surface area contributed by atoms with Gasteiger partial charge in [0.25, 0.3) is 5.91 Å². The highest BCUT2D eigenvalue weighted by atomic mass is 32.1. The summed E-state index contributed by atoms with van der Waals surface area (Å²) in [7, 11) is 0. The topological polar surface area (TPSA) is 94.5 Å². The Balaban J connectivity index is 1.69. The third-order valence-corrected chi connectivity index (χ3v) is 5.36. The Bertz CT molecular complexity index is 957. The number of nitrogens with zero attached hydrogens (tertiary/aromatic N) is 3. The van der Waals surface area contributed by atoms with Gasteiger partial charge in [-0.2, -0.15) is 0 Å². The number of hydrogen-bond acceptors (Lipinski definition) is 7. The van der Waals surface area contributed by atoms with E-state index in [4.69, 9.17) is 14.9 Å². The SMILES string of the molecule is CC(C)c1ccc(-c2nc(N)c3cc(C(=O)N4CCOCC4)sc3n2)o1. The van der Waals surface area contributed by atoms with E-state index in [0.717, 1.165) is 5.76 Å². The van der Waals surface area contributed by atoms with Crippen LogP contribution in [0.1, 0.15) is 35.2 Å². The summed E-state index contributed by atoms with van der Waals surface area (Å²) in [5.74, 6) is 2.51. The number of carbonyl (C=O) groups is 1. The number of thiophene rings is 1. The van der Waals surface area contributed by atoms with Gasteiger partial charge in [-0.15, -0.1) is 11.3 Å². The Morgan fingerprint density at radius 1 is 1.27 bits per heavy atom. The lowest BCUT2D eigenvalue weighted by atomic mass is 10.2. The van der Waals surface area contributed by atoms with E-state index in [1.165, 1.54) is 11.3 Å². The molecule has 8 heteroatoms. The molecule has 0 saturated carbocycles. The number of fused-ring (bicyclic) bond motifs is 1. The molecule has 3 aromatic rings. The van der Waals surface area contributed by atoms with Crippen LogP contribution >= 0.6 is 11.3 Å². The van der Waals surface area contributed by atoms with Crippen LogP contribution in [0.15, 0.2) is 22.6 Å². The lowest BCUT2D eigenvalue weighted by Crippen LogP contribution is -2.40. The van der Waals surface area contributed by atoms with Crippen molar-refractivity contribution in [2.45, 2.75) is 19.8 Å². The molecule has 3 aromatic heterocycles. The molecule has 1 amide bonds. The third kappa shape index (κ3) is 3.06. The maximum absolute atomic E-state index is 12.7. The van der Waals surface area contributed by atoms with E-state index in [0.29, 0.717) is 58.8 Å². The molecular weight excluding hydrogens is 352 g/mol. The van der Waals surface area contributed by atoms with Crippen LogP contribution in [0.4, 0.5) is 5.82 Å². The van der Waals surface area contributed by atoms with Crippen LogP contribution in [0.3, 0.4) is 0 Å². The molecule has 1 aliphatic rings. The number of nitrogens with two attached hydrogens (primary N) is 1. The fourth-order valence-corrected chi connectivity index (χ4v) is 3.87. The molecule has 7 nitrogen and oxygen atoms in total. The molecule has 0 atom stereocenters. The molecule has 2 N–H and O–H groups in total. The molecular formula is C18H20N4O3S. The van der Waals surface area contributed by atoms with E-state index in [-0.39, 0.29) is 11.8 Å². The van der Waals surface area contributed by atoms with Crippen LogP contribution in [-0.2, 0) is 4.74 Å². The standard InChI is InChI=1S/C18H20N4O3S/c1-10(2)12-3-4-13(25-12)16-20-15(19)11-9-14(26-17(11)21-16)18(23)22-5-7-24-8-6-22/h3-4,9-10H,5-8H2,1-2H3,(H2,19,20,21). The minimum atomic E-state index is -0.0163. The van der Waals surface area contributed by atoms with Gasteiger partial charge in [0.15, 0.2) is 11.6 Å². The molecule has 0 radical (unpaired) electrons. The minimum Gasteiger partial charge on any atom is -0.457 e. The van der Waals surface area contributed by atoms with E-state index in [1.54, 1.807) is 11.0 Å². The summed E-state index contributed by atoms with van der Waals surface area (Å²) in [5.41, 5.74) is 6.12. The zero-order valence-electron chi connectivity index (χ0n) is 14.7. The molecule has 4 heterocycles. The van der Waals surface area contributed by atoms with Crippen molar-refractivity contribution >= 4 is 33.3 Å². The zero-order chi connectivity index (χ0) is 18.3. The molecule has 0 unspecified atom stereocenters. The molecule has 0 aliphatic carbocycles. The average Bonchev–Trinajstić information content (AvgIpc) is 3.29. The number of morpholine rings is 1. The Morgan fingerprint density at radius 3 is 2.73 bits per heavy atom. The average molecular weight is 372 g/mol. The van der Waals surface area contributed by atoms with E-state index >= 15 is 0 Å². The third-order valence-electron chi connectivity index (χ3n) is 4.35. The predicted octanol–water partition coefficient (Wildman–Crippen LogP) is 3.13. The Hall–Kier alpha value is -2.45. The lowest BCUT2D eigenvalue weighted by molar-refractivity contribution is 0.0306. The fourth-order valence-electron chi connectivity index (χ4n) is 2.86.